The number of hydrogen-bond acceptors (Lipinski definition) is 3. The quantitative estimate of drug-likeness (QED) is 0.608. The van der Waals surface area contributed by atoms with E-state index in [0.29, 0.717) is 6.07 Å². The number of benzene rings is 1. The monoisotopic (exact) mass is 416 g/mol. The first-order chi connectivity index (χ1) is 10.5. The number of aromatic nitrogens is 1. The summed E-state index contributed by atoms with van der Waals surface area (Å²) < 4.78 is 90.6. The third kappa shape index (κ3) is 3.61. The highest BCUT2D eigenvalue weighted by Gasteiger charge is 2.39. The van der Waals surface area contributed by atoms with Gasteiger partial charge in [-0.25, -0.2) is 17.2 Å². The van der Waals surface area contributed by atoms with Gasteiger partial charge in [0.25, 0.3) is 10.0 Å². The minimum absolute atomic E-state index is 0.653. The Bertz CT molecular complexity index is 855. The van der Waals surface area contributed by atoms with Crippen molar-refractivity contribution in [1.82, 2.24) is 4.98 Å². The molecule has 0 bridgehead atoms. The lowest BCUT2D eigenvalue weighted by Gasteiger charge is -2.14. The standard InChI is InChI=1S/C12H6BrF5N2O2S/c13-9-6(14)3-4-7(10(9)15)20-23(21,22)8-2-1-5-19-11(8)12(16,17)18/h1-5,20H. The summed E-state index contributed by atoms with van der Waals surface area (Å²) in [5.74, 6) is -2.30. The minimum Gasteiger partial charge on any atom is -0.277 e. The van der Waals surface area contributed by atoms with Gasteiger partial charge in [0, 0.05) is 6.20 Å². The maximum atomic E-state index is 13.8. The van der Waals surface area contributed by atoms with Gasteiger partial charge in [0.15, 0.2) is 11.5 Å². The molecule has 124 valence electrons. The second-order valence-corrected chi connectivity index (χ2v) is 6.62. The molecule has 0 atom stereocenters. The van der Waals surface area contributed by atoms with E-state index in [4.69, 9.17) is 0 Å². The fraction of sp³-hybridized carbons (Fsp3) is 0.0833. The second-order valence-electron chi connectivity index (χ2n) is 4.18. The largest absolute Gasteiger partial charge is 0.434 e. The van der Waals surface area contributed by atoms with E-state index in [1.165, 1.54) is 0 Å². The van der Waals surface area contributed by atoms with Crippen LogP contribution < -0.4 is 4.72 Å². The summed E-state index contributed by atoms with van der Waals surface area (Å²) in [7, 11) is -4.80. The summed E-state index contributed by atoms with van der Waals surface area (Å²) >= 11 is 2.56. The Morgan fingerprint density at radius 1 is 1.13 bits per heavy atom. The Balaban J connectivity index is 2.52. The van der Waals surface area contributed by atoms with E-state index in [-0.39, 0.29) is 0 Å². The summed E-state index contributed by atoms with van der Waals surface area (Å²) in [6.07, 6.45) is -4.25. The van der Waals surface area contributed by atoms with Crippen LogP contribution in [0.4, 0.5) is 27.6 Å². The summed E-state index contributed by atoms with van der Waals surface area (Å²) in [4.78, 5) is 1.83. The first-order valence-corrected chi connectivity index (χ1v) is 8.00. The van der Waals surface area contributed by atoms with Crippen LogP contribution in [0.2, 0.25) is 0 Å². The summed E-state index contributed by atoms with van der Waals surface area (Å²) in [5, 5.41) is 0. The van der Waals surface area contributed by atoms with E-state index >= 15 is 0 Å². The van der Waals surface area contributed by atoms with Gasteiger partial charge in [0.05, 0.1) is 10.2 Å². The van der Waals surface area contributed by atoms with Gasteiger partial charge in [0.1, 0.15) is 10.7 Å². The number of anilines is 1. The molecular formula is C12H6BrF5N2O2S. The fourth-order valence-electron chi connectivity index (χ4n) is 1.62. The Hall–Kier alpha value is -1.75. The van der Waals surface area contributed by atoms with E-state index in [2.05, 4.69) is 20.9 Å². The van der Waals surface area contributed by atoms with Crippen LogP contribution in [-0.4, -0.2) is 13.4 Å². The van der Waals surface area contributed by atoms with Crippen LogP contribution in [0.25, 0.3) is 0 Å². The van der Waals surface area contributed by atoms with E-state index in [1.807, 2.05) is 0 Å². The highest BCUT2D eigenvalue weighted by atomic mass is 79.9. The molecule has 0 saturated carbocycles. The van der Waals surface area contributed by atoms with E-state index in [1.54, 1.807) is 4.72 Å². The van der Waals surface area contributed by atoms with Gasteiger partial charge in [-0.15, -0.1) is 0 Å². The molecule has 23 heavy (non-hydrogen) atoms. The Kier molecular flexibility index (Phi) is 4.62. The number of halogens is 6. The number of nitrogens with zero attached hydrogens (tertiary/aromatic N) is 1. The molecule has 0 fully saturated rings. The minimum atomic E-state index is -5.02. The molecule has 0 radical (unpaired) electrons. The molecule has 0 amide bonds. The van der Waals surface area contributed by atoms with Gasteiger partial charge in [-0.2, -0.15) is 13.2 Å². The van der Waals surface area contributed by atoms with Crippen LogP contribution in [0, 0.1) is 11.6 Å². The first-order valence-electron chi connectivity index (χ1n) is 5.72. The number of alkyl halides is 3. The zero-order valence-corrected chi connectivity index (χ0v) is 13.2. The van der Waals surface area contributed by atoms with Crippen molar-refractivity contribution < 1.29 is 30.4 Å². The Morgan fingerprint density at radius 3 is 2.39 bits per heavy atom. The van der Waals surface area contributed by atoms with Crippen LogP contribution in [0.5, 0.6) is 0 Å². The maximum Gasteiger partial charge on any atom is 0.434 e. The van der Waals surface area contributed by atoms with Crippen molar-refractivity contribution in [2.75, 3.05) is 4.72 Å². The fourth-order valence-corrected chi connectivity index (χ4v) is 3.21. The molecule has 0 aliphatic carbocycles. The third-order valence-electron chi connectivity index (χ3n) is 2.61. The van der Waals surface area contributed by atoms with Crippen LogP contribution >= 0.6 is 15.9 Å². The van der Waals surface area contributed by atoms with E-state index in [9.17, 15) is 30.4 Å². The molecule has 1 aromatic carbocycles. The van der Waals surface area contributed by atoms with Gasteiger partial charge >= 0.3 is 6.18 Å². The predicted molar refractivity (Wildman–Crippen MR) is 74.1 cm³/mol. The smallest absolute Gasteiger partial charge is 0.277 e. The summed E-state index contributed by atoms with van der Waals surface area (Å²) in [6, 6.07) is 3.16. The second kappa shape index (κ2) is 6.04. The van der Waals surface area contributed by atoms with Crippen molar-refractivity contribution in [2.24, 2.45) is 0 Å². The van der Waals surface area contributed by atoms with Crippen molar-refractivity contribution in [3.63, 3.8) is 0 Å². The third-order valence-corrected chi connectivity index (χ3v) is 4.73. The number of nitrogens with one attached hydrogen (secondary N) is 1. The van der Waals surface area contributed by atoms with Gasteiger partial charge < -0.3 is 0 Å². The normalized spacial score (nSPS) is 12.3. The van der Waals surface area contributed by atoms with E-state index < -0.39 is 48.6 Å². The van der Waals surface area contributed by atoms with Gasteiger partial charge in [-0.1, -0.05) is 0 Å². The summed E-state index contributed by atoms with van der Waals surface area (Å²) in [6.45, 7) is 0. The van der Waals surface area contributed by atoms with E-state index in [0.717, 1.165) is 24.4 Å². The van der Waals surface area contributed by atoms with Gasteiger partial charge in [0.2, 0.25) is 0 Å². The van der Waals surface area contributed by atoms with Crippen LogP contribution in [-0.2, 0) is 16.2 Å². The topological polar surface area (TPSA) is 59.1 Å². The zero-order chi connectivity index (χ0) is 17.4. The molecule has 0 unspecified atom stereocenters. The van der Waals surface area contributed by atoms with Crippen molar-refractivity contribution >= 4 is 31.6 Å². The lowest BCUT2D eigenvalue weighted by atomic mass is 10.3. The molecule has 0 aliphatic rings. The Morgan fingerprint density at radius 2 is 1.78 bits per heavy atom. The van der Waals surface area contributed by atoms with Gasteiger partial charge in [-0.05, 0) is 40.2 Å². The maximum absolute atomic E-state index is 13.8. The van der Waals surface area contributed by atoms with Crippen molar-refractivity contribution in [3.8, 4) is 0 Å². The van der Waals surface area contributed by atoms with Crippen molar-refractivity contribution in [2.45, 2.75) is 11.1 Å². The molecule has 0 spiro atoms. The van der Waals surface area contributed by atoms with Crippen molar-refractivity contribution in [1.29, 1.82) is 0 Å². The van der Waals surface area contributed by atoms with Crippen LogP contribution in [0.1, 0.15) is 5.69 Å². The number of rotatable bonds is 3. The lowest BCUT2D eigenvalue weighted by molar-refractivity contribution is -0.143. The van der Waals surface area contributed by atoms with Crippen LogP contribution in [0.15, 0.2) is 39.8 Å². The van der Waals surface area contributed by atoms with Crippen LogP contribution in [0.3, 0.4) is 0 Å². The number of pyridine rings is 1. The average Bonchev–Trinajstić information content (AvgIpc) is 2.47. The average molecular weight is 417 g/mol. The van der Waals surface area contributed by atoms with Crippen molar-refractivity contribution in [3.05, 3.63) is 52.3 Å². The number of sulfonamides is 1. The molecular weight excluding hydrogens is 411 g/mol. The predicted octanol–water partition coefficient (Wildman–Crippen LogP) is 3.94. The highest BCUT2D eigenvalue weighted by molar-refractivity contribution is 9.10. The zero-order valence-electron chi connectivity index (χ0n) is 10.8. The SMILES string of the molecule is O=S(=O)(Nc1ccc(F)c(Br)c1F)c1cccnc1C(F)(F)F. The van der Waals surface area contributed by atoms with Gasteiger partial charge in [-0.3, -0.25) is 9.71 Å². The first kappa shape index (κ1) is 17.6. The number of hydrogen-bond donors (Lipinski definition) is 1. The molecule has 1 heterocycles. The highest BCUT2D eigenvalue weighted by Crippen LogP contribution is 2.34. The molecule has 0 saturated heterocycles. The molecule has 1 N–H and O–H groups in total. The lowest BCUT2D eigenvalue weighted by Crippen LogP contribution is -2.20. The molecule has 1 aromatic heterocycles. The Labute approximate surface area is 135 Å². The molecule has 2 rings (SSSR count). The summed E-state index contributed by atoms with van der Waals surface area (Å²) in [5.41, 5.74) is -2.36. The molecule has 11 heteroatoms. The molecule has 0 aliphatic heterocycles. The molecule has 2 aromatic rings. The molecule has 4 nitrogen and oxygen atoms in total.